The molecule has 0 spiro atoms. The normalized spacial score (nSPS) is 11.4. The Hall–Kier alpha value is -2.42. The van der Waals surface area contributed by atoms with Crippen molar-refractivity contribution >= 4 is 21.5 Å². The first-order valence-electron chi connectivity index (χ1n) is 6.66. The van der Waals surface area contributed by atoms with Gasteiger partial charge in [-0.15, -0.1) is 0 Å². The number of sulfonamides is 1. The summed E-state index contributed by atoms with van der Waals surface area (Å²) < 4.78 is 27.1. The van der Waals surface area contributed by atoms with E-state index in [4.69, 9.17) is 0 Å². The molecule has 1 heterocycles. The molecular formula is C13H16N4O4S. The summed E-state index contributed by atoms with van der Waals surface area (Å²) in [6.07, 6.45) is 1.66. The number of nitrogens with one attached hydrogen (secondary N) is 2. The lowest BCUT2D eigenvalue weighted by Gasteiger charge is -2.08. The molecule has 22 heavy (non-hydrogen) atoms. The number of aryl methyl sites for hydroxylation is 1. The number of H-pyrrole nitrogens is 1. The number of aromatic amines is 1. The predicted molar refractivity (Wildman–Crippen MR) is 81.2 cm³/mol. The molecule has 0 saturated heterocycles. The molecule has 8 nitrogen and oxygen atoms in total. The van der Waals surface area contributed by atoms with Crippen LogP contribution in [0.2, 0.25) is 0 Å². The Kier molecular flexibility index (Phi) is 4.45. The van der Waals surface area contributed by atoms with Crippen LogP contribution in [-0.2, 0) is 16.4 Å². The minimum Gasteiger partial charge on any atom is -0.280 e. The van der Waals surface area contributed by atoms with Gasteiger partial charge in [-0.2, -0.15) is 5.10 Å². The van der Waals surface area contributed by atoms with Crippen molar-refractivity contribution in [2.75, 3.05) is 4.72 Å². The third-order valence-corrected chi connectivity index (χ3v) is 4.63. The van der Waals surface area contributed by atoms with Gasteiger partial charge in [-0.3, -0.25) is 19.9 Å². The van der Waals surface area contributed by atoms with E-state index in [1.165, 1.54) is 25.1 Å². The zero-order chi connectivity index (χ0) is 16.3. The molecule has 0 bridgehead atoms. The van der Waals surface area contributed by atoms with Crippen LogP contribution in [0.3, 0.4) is 0 Å². The molecule has 2 aromatic rings. The first-order valence-corrected chi connectivity index (χ1v) is 8.14. The van der Waals surface area contributed by atoms with Crippen molar-refractivity contribution < 1.29 is 13.3 Å². The zero-order valence-electron chi connectivity index (χ0n) is 12.2. The highest BCUT2D eigenvalue weighted by molar-refractivity contribution is 7.92. The SMILES string of the molecule is CCCc1cc(NS(=O)(=O)c2cccc([N+](=O)[O-])c2C)n[nH]1. The molecule has 0 aliphatic heterocycles. The second-order valence-corrected chi connectivity index (χ2v) is 6.44. The number of hydrogen-bond acceptors (Lipinski definition) is 5. The van der Waals surface area contributed by atoms with E-state index in [1.54, 1.807) is 6.07 Å². The van der Waals surface area contributed by atoms with Gasteiger partial charge < -0.3 is 0 Å². The highest BCUT2D eigenvalue weighted by atomic mass is 32.2. The lowest BCUT2D eigenvalue weighted by Crippen LogP contribution is -2.15. The van der Waals surface area contributed by atoms with Crippen molar-refractivity contribution in [1.82, 2.24) is 10.2 Å². The van der Waals surface area contributed by atoms with Crippen LogP contribution in [0.5, 0.6) is 0 Å². The summed E-state index contributed by atoms with van der Waals surface area (Å²) in [5, 5.41) is 17.5. The molecule has 2 N–H and O–H groups in total. The number of nitrogens with zero attached hydrogens (tertiary/aromatic N) is 2. The van der Waals surface area contributed by atoms with Crippen LogP contribution < -0.4 is 4.72 Å². The van der Waals surface area contributed by atoms with Crippen LogP contribution in [0.15, 0.2) is 29.2 Å². The molecule has 0 amide bonds. The summed E-state index contributed by atoms with van der Waals surface area (Å²) in [5.41, 5.74) is 0.664. The van der Waals surface area contributed by atoms with Crippen molar-refractivity contribution in [3.8, 4) is 0 Å². The number of aromatic nitrogens is 2. The number of hydrogen-bond donors (Lipinski definition) is 2. The molecule has 1 aromatic heterocycles. The van der Waals surface area contributed by atoms with Crippen LogP contribution in [0.4, 0.5) is 11.5 Å². The second kappa shape index (κ2) is 6.14. The zero-order valence-corrected chi connectivity index (χ0v) is 13.0. The summed E-state index contributed by atoms with van der Waals surface area (Å²) in [5.74, 6) is 0.161. The van der Waals surface area contributed by atoms with Gasteiger partial charge in [-0.25, -0.2) is 8.42 Å². The molecule has 1 aromatic carbocycles. The predicted octanol–water partition coefficient (Wildman–Crippen LogP) is 2.38. The van der Waals surface area contributed by atoms with E-state index in [-0.39, 0.29) is 22.0 Å². The molecule has 0 aliphatic rings. The van der Waals surface area contributed by atoms with Crippen LogP contribution >= 0.6 is 0 Å². The number of nitro groups is 1. The number of benzene rings is 1. The summed E-state index contributed by atoms with van der Waals surface area (Å²) >= 11 is 0. The fourth-order valence-electron chi connectivity index (χ4n) is 2.10. The summed E-state index contributed by atoms with van der Waals surface area (Å²) in [4.78, 5) is 10.2. The molecule has 0 unspecified atom stereocenters. The van der Waals surface area contributed by atoms with Crippen LogP contribution in [0, 0.1) is 17.0 Å². The molecule has 9 heteroatoms. The molecular weight excluding hydrogens is 308 g/mol. The second-order valence-electron chi connectivity index (χ2n) is 4.79. The Morgan fingerprint density at radius 3 is 2.77 bits per heavy atom. The van der Waals surface area contributed by atoms with E-state index < -0.39 is 14.9 Å². The van der Waals surface area contributed by atoms with E-state index >= 15 is 0 Å². The molecule has 0 fully saturated rings. The van der Waals surface area contributed by atoms with Gasteiger partial charge in [-0.05, 0) is 19.4 Å². The van der Waals surface area contributed by atoms with Gasteiger partial charge in [0.25, 0.3) is 15.7 Å². The van der Waals surface area contributed by atoms with Crippen molar-refractivity contribution in [3.05, 3.63) is 45.6 Å². The summed E-state index contributed by atoms with van der Waals surface area (Å²) in [7, 11) is -3.94. The minimum absolute atomic E-state index is 0.0873. The maximum Gasteiger partial charge on any atom is 0.273 e. The Balaban J connectivity index is 2.34. The van der Waals surface area contributed by atoms with E-state index in [0.717, 1.165) is 18.5 Å². The van der Waals surface area contributed by atoms with E-state index in [0.29, 0.717) is 0 Å². The highest BCUT2D eigenvalue weighted by Crippen LogP contribution is 2.26. The average molecular weight is 324 g/mol. The molecule has 0 atom stereocenters. The van der Waals surface area contributed by atoms with Crippen LogP contribution in [0.25, 0.3) is 0 Å². The van der Waals surface area contributed by atoms with E-state index in [9.17, 15) is 18.5 Å². The summed E-state index contributed by atoms with van der Waals surface area (Å²) in [6, 6.07) is 5.53. The standard InChI is InChI=1S/C13H16N4O4S/c1-3-5-10-8-13(15-14-10)16-22(20,21)12-7-4-6-11(9(12)2)17(18)19/h4,6-8H,3,5H2,1-2H3,(H2,14,15,16). The Labute approximate surface area is 127 Å². The Morgan fingerprint density at radius 2 is 2.14 bits per heavy atom. The van der Waals surface area contributed by atoms with Gasteiger partial charge in [0.2, 0.25) is 0 Å². The molecule has 0 radical (unpaired) electrons. The van der Waals surface area contributed by atoms with Crippen LogP contribution in [-0.4, -0.2) is 23.5 Å². The fraction of sp³-hybridized carbons (Fsp3) is 0.308. The Morgan fingerprint density at radius 1 is 1.41 bits per heavy atom. The summed E-state index contributed by atoms with van der Waals surface area (Å²) in [6.45, 7) is 3.40. The van der Waals surface area contributed by atoms with Gasteiger partial charge in [0.1, 0.15) is 0 Å². The molecule has 0 saturated carbocycles. The van der Waals surface area contributed by atoms with Crippen LogP contribution in [0.1, 0.15) is 24.6 Å². The van der Waals surface area contributed by atoms with Gasteiger partial charge in [-0.1, -0.05) is 19.4 Å². The third-order valence-electron chi connectivity index (χ3n) is 3.13. The lowest BCUT2D eigenvalue weighted by atomic mass is 10.2. The monoisotopic (exact) mass is 324 g/mol. The number of rotatable bonds is 6. The molecule has 2 rings (SSSR count). The smallest absolute Gasteiger partial charge is 0.273 e. The van der Waals surface area contributed by atoms with E-state index in [1.807, 2.05) is 6.92 Å². The van der Waals surface area contributed by atoms with Crippen molar-refractivity contribution in [2.24, 2.45) is 0 Å². The van der Waals surface area contributed by atoms with Gasteiger partial charge in [0.15, 0.2) is 5.82 Å². The van der Waals surface area contributed by atoms with E-state index in [2.05, 4.69) is 14.9 Å². The van der Waals surface area contributed by atoms with Gasteiger partial charge in [0.05, 0.1) is 9.82 Å². The number of nitro benzene ring substituents is 1. The minimum atomic E-state index is -3.94. The van der Waals surface area contributed by atoms with Gasteiger partial charge >= 0.3 is 0 Å². The average Bonchev–Trinajstić information content (AvgIpc) is 2.85. The third kappa shape index (κ3) is 3.25. The first kappa shape index (κ1) is 16.0. The maximum atomic E-state index is 12.4. The highest BCUT2D eigenvalue weighted by Gasteiger charge is 2.23. The largest absolute Gasteiger partial charge is 0.280 e. The number of anilines is 1. The van der Waals surface area contributed by atoms with Crippen molar-refractivity contribution in [2.45, 2.75) is 31.6 Å². The molecule has 0 aliphatic carbocycles. The fourth-order valence-corrected chi connectivity index (χ4v) is 3.35. The van der Waals surface area contributed by atoms with Crippen molar-refractivity contribution in [1.29, 1.82) is 0 Å². The quantitative estimate of drug-likeness (QED) is 0.624. The lowest BCUT2D eigenvalue weighted by molar-refractivity contribution is -0.385. The van der Waals surface area contributed by atoms with Crippen molar-refractivity contribution in [3.63, 3.8) is 0 Å². The Bertz CT molecular complexity index is 798. The topological polar surface area (TPSA) is 118 Å². The molecule has 118 valence electrons. The maximum absolute atomic E-state index is 12.4. The first-order chi connectivity index (χ1) is 10.3. The van der Waals surface area contributed by atoms with Gasteiger partial charge in [0, 0.05) is 23.4 Å².